The summed E-state index contributed by atoms with van der Waals surface area (Å²) in [5.74, 6) is 1.31. The van der Waals surface area contributed by atoms with Gasteiger partial charge in [0.15, 0.2) is 0 Å². The van der Waals surface area contributed by atoms with Gasteiger partial charge in [-0.1, -0.05) is 60.7 Å². The maximum absolute atomic E-state index is 13.9. The molecule has 340 valence electrons. The van der Waals surface area contributed by atoms with Gasteiger partial charge in [0.05, 0.1) is 50.6 Å². The molecule has 0 bridgehead atoms. The fraction of sp³-hybridized carbons (Fsp3) is 0.385. The fourth-order valence-corrected chi connectivity index (χ4v) is 9.49. The zero-order chi connectivity index (χ0) is 45.1. The Morgan fingerprint density at radius 2 is 0.923 bits per heavy atom. The Morgan fingerprint density at radius 3 is 1.31 bits per heavy atom. The van der Waals surface area contributed by atoms with Crippen molar-refractivity contribution in [2.24, 2.45) is 11.8 Å². The molecule has 6 aromatic rings. The maximum atomic E-state index is 13.9. The molecule has 2 amide bonds. The van der Waals surface area contributed by atoms with E-state index >= 15 is 0 Å². The Kier molecular flexibility index (Phi) is 14.8. The molecule has 2 N–H and O–H groups in total. The number of pyridine rings is 2. The minimum absolute atomic E-state index is 0.0189. The van der Waals surface area contributed by atoms with Crippen LogP contribution in [0.5, 0.6) is 11.5 Å². The topological polar surface area (TPSA) is 148 Å². The molecular weight excluding hydrogens is 825 g/mol. The zero-order valence-corrected chi connectivity index (χ0v) is 37.1. The number of nitrogens with zero attached hydrogens (tertiary/aromatic N) is 2. The van der Waals surface area contributed by atoms with Gasteiger partial charge in [0.1, 0.15) is 24.7 Å². The van der Waals surface area contributed by atoms with Crippen LogP contribution in [0.1, 0.15) is 62.5 Å². The SMILES string of the molecule is COc1ccc2ccc(=O)n(CC(OC(Cn3c(=O)ccc4ccc(OC)cc43)C3CCC(NC(=O)OCc4ccccc4)CC3)C3CCC(NC(=O)OCc4ccccc4)CC3)c2c1. The maximum Gasteiger partial charge on any atom is 0.407 e. The van der Waals surface area contributed by atoms with E-state index < -0.39 is 24.4 Å². The second-order valence-electron chi connectivity index (χ2n) is 17.3. The Labute approximate surface area is 378 Å². The van der Waals surface area contributed by atoms with Gasteiger partial charge in [0.25, 0.3) is 11.1 Å². The summed E-state index contributed by atoms with van der Waals surface area (Å²) in [5, 5.41) is 7.95. The summed E-state index contributed by atoms with van der Waals surface area (Å²) in [5.41, 5.74) is 2.99. The third-order valence-electron chi connectivity index (χ3n) is 13.1. The van der Waals surface area contributed by atoms with E-state index in [1.165, 1.54) is 0 Å². The first-order chi connectivity index (χ1) is 31.7. The lowest BCUT2D eigenvalue weighted by molar-refractivity contribution is -0.0954. The summed E-state index contributed by atoms with van der Waals surface area (Å²) < 4.78 is 33.3. The lowest BCUT2D eigenvalue weighted by Gasteiger charge is -2.40. The number of aromatic nitrogens is 2. The van der Waals surface area contributed by atoms with Crippen molar-refractivity contribution in [3.63, 3.8) is 0 Å². The number of carbonyl (C=O) groups is 2. The highest BCUT2D eigenvalue weighted by Gasteiger charge is 2.36. The van der Waals surface area contributed by atoms with Crippen molar-refractivity contribution in [2.75, 3.05) is 14.2 Å². The lowest BCUT2D eigenvalue weighted by Crippen LogP contribution is -2.46. The van der Waals surface area contributed by atoms with Crippen LogP contribution in [-0.4, -0.2) is 59.8 Å². The van der Waals surface area contributed by atoms with E-state index in [0.717, 1.165) is 58.6 Å². The number of hydrogen-bond acceptors (Lipinski definition) is 9. The molecule has 8 rings (SSSR count). The van der Waals surface area contributed by atoms with Crippen molar-refractivity contribution < 1.29 is 33.3 Å². The van der Waals surface area contributed by atoms with Crippen molar-refractivity contribution >= 4 is 34.0 Å². The predicted octanol–water partition coefficient (Wildman–Crippen LogP) is 8.76. The molecule has 2 aliphatic carbocycles. The monoisotopic (exact) mass is 882 g/mol. The van der Waals surface area contributed by atoms with Crippen molar-refractivity contribution in [3.05, 3.63) is 153 Å². The number of alkyl carbamates (subject to hydrolysis) is 2. The number of ether oxygens (including phenoxy) is 5. The molecule has 0 aliphatic heterocycles. The highest BCUT2D eigenvalue weighted by atomic mass is 16.6. The first-order valence-corrected chi connectivity index (χ1v) is 22.7. The summed E-state index contributed by atoms with van der Waals surface area (Å²) in [6.45, 7) is 0.911. The molecular formula is C52H58N4O9. The van der Waals surface area contributed by atoms with Gasteiger partial charge < -0.3 is 43.5 Å². The average Bonchev–Trinajstić information content (AvgIpc) is 3.34. The van der Waals surface area contributed by atoms with Gasteiger partial charge in [-0.3, -0.25) is 9.59 Å². The molecule has 2 unspecified atom stereocenters. The molecule has 13 heteroatoms. The molecule has 4 aromatic carbocycles. The van der Waals surface area contributed by atoms with Crippen LogP contribution in [-0.2, 0) is 40.5 Å². The van der Waals surface area contributed by atoms with Crippen LogP contribution >= 0.6 is 0 Å². The summed E-state index contributed by atoms with van der Waals surface area (Å²) in [4.78, 5) is 53.6. The van der Waals surface area contributed by atoms with Gasteiger partial charge in [0, 0.05) is 36.3 Å². The first-order valence-electron chi connectivity index (χ1n) is 22.7. The number of nitrogens with one attached hydrogen (secondary N) is 2. The van der Waals surface area contributed by atoms with Gasteiger partial charge in [-0.15, -0.1) is 0 Å². The van der Waals surface area contributed by atoms with Crippen molar-refractivity contribution in [2.45, 2.75) is 102 Å². The second-order valence-corrected chi connectivity index (χ2v) is 17.3. The minimum Gasteiger partial charge on any atom is -0.497 e. The van der Waals surface area contributed by atoms with Crippen LogP contribution in [0.3, 0.4) is 0 Å². The number of amides is 2. The molecule has 2 aromatic heterocycles. The van der Waals surface area contributed by atoms with Gasteiger partial charge in [-0.2, -0.15) is 0 Å². The van der Waals surface area contributed by atoms with E-state index in [-0.39, 0.29) is 61.3 Å². The predicted molar refractivity (Wildman–Crippen MR) is 249 cm³/mol. The number of methoxy groups -OCH3 is 2. The molecule has 13 nitrogen and oxygen atoms in total. The molecule has 0 spiro atoms. The average molecular weight is 883 g/mol. The molecule has 2 fully saturated rings. The van der Waals surface area contributed by atoms with Crippen molar-refractivity contribution in [3.8, 4) is 11.5 Å². The van der Waals surface area contributed by atoms with Gasteiger partial charge in [0.2, 0.25) is 0 Å². The van der Waals surface area contributed by atoms with E-state index in [1.807, 2.05) is 109 Å². The molecule has 2 aliphatic rings. The number of benzene rings is 4. The van der Waals surface area contributed by atoms with E-state index in [9.17, 15) is 19.2 Å². The highest BCUT2D eigenvalue weighted by molar-refractivity contribution is 5.81. The molecule has 65 heavy (non-hydrogen) atoms. The van der Waals surface area contributed by atoms with Crippen LogP contribution in [0, 0.1) is 11.8 Å². The molecule has 2 heterocycles. The van der Waals surface area contributed by atoms with Crippen molar-refractivity contribution in [1.29, 1.82) is 0 Å². The van der Waals surface area contributed by atoms with E-state index in [0.29, 0.717) is 37.2 Å². The summed E-state index contributed by atoms with van der Waals surface area (Å²) in [6.07, 6.45) is 3.96. The zero-order valence-electron chi connectivity index (χ0n) is 37.1. The highest BCUT2D eigenvalue weighted by Crippen LogP contribution is 2.36. The van der Waals surface area contributed by atoms with Crippen LogP contribution < -0.4 is 31.2 Å². The largest absolute Gasteiger partial charge is 0.497 e. The molecule has 2 atom stereocenters. The lowest BCUT2D eigenvalue weighted by atomic mass is 9.80. The fourth-order valence-electron chi connectivity index (χ4n) is 9.49. The van der Waals surface area contributed by atoms with Crippen molar-refractivity contribution in [1.82, 2.24) is 19.8 Å². The Balaban J connectivity index is 1.06. The van der Waals surface area contributed by atoms with Gasteiger partial charge in [-0.25, -0.2) is 9.59 Å². The summed E-state index contributed by atoms with van der Waals surface area (Å²) in [7, 11) is 3.21. The number of fused-ring (bicyclic) bond motifs is 2. The third-order valence-corrected chi connectivity index (χ3v) is 13.1. The summed E-state index contributed by atoms with van der Waals surface area (Å²) >= 11 is 0. The van der Waals surface area contributed by atoms with Crippen LogP contribution in [0.25, 0.3) is 21.8 Å². The Hall–Kier alpha value is -6.60. The van der Waals surface area contributed by atoms with E-state index in [4.69, 9.17) is 23.7 Å². The first kappa shape index (κ1) is 45.0. The number of hydrogen-bond donors (Lipinski definition) is 2. The van der Waals surface area contributed by atoms with Crippen LogP contribution in [0.15, 0.2) is 131 Å². The minimum atomic E-state index is -0.451. The van der Waals surface area contributed by atoms with Gasteiger partial charge in [-0.05, 0) is 121 Å². The Morgan fingerprint density at radius 1 is 0.538 bits per heavy atom. The van der Waals surface area contributed by atoms with Crippen LogP contribution in [0.4, 0.5) is 9.59 Å². The standard InChI is InChI=1S/C52H58N4O9/c1-61-43-25-17-37-19-27-49(57)55(45(37)29-43)31-47(39-13-21-41(22-14-39)53-51(59)63-33-35-9-5-3-6-10-35)65-48(32-56-46-30-44(62-2)26-18-38(46)20-28-50(56)58)40-15-23-42(24-16-40)54-52(60)64-34-36-11-7-4-8-12-36/h3-12,17-20,25-30,39-42,47-48H,13-16,21-24,31-34H2,1-2H3,(H,53,59)(H,54,60). The molecule has 0 radical (unpaired) electrons. The van der Waals surface area contributed by atoms with E-state index in [1.54, 1.807) is 35.5 Å². The number of rotatable bonds is 16. The second kappa shape index (κ2) is 21.4. The number of carbonyl (C=O) groups excluding carboxylic acids is 2. The summed E-state index contributed by atoms with van der Waals surface area (Å²) in [6, 6.07) is 37.3. The quantitative estimate of drug-likeness (QED) is 0.0974. The van der Waals surface area contributed by atoms with Crippen LogP contribution in [0.2, 0.25) is 0 Å². The Bertz CT molecular complexity index is 2470. The van der Waals surface area contributed by atoms with E-state index in [2.05, 4.69) is 10.6 Å². The smallest absolute Gasteiger partial charge is 0.407 e. The van der Waals surface area contributed by atoms with Gasteiger partial charge >= 0.3 is 12.2 Å². The molecule has 2 saturated carbocycles. The third kappa shape index (κ3) is 11.6. The molecule has 0 saturated heterocycles. The normalized spacial score (nSPS) is 19.5.